The van der Waals surface area contributed by atoms with Gasteiger partial charge >= 0.3 is 0 Å². The van der Waals surface area contributed by atoms with Gasteiger partial charge in [0.25, 0.3) is 0 Å². The van der Waals surface area contributed by atoms with Crippen molar-refractivity contribution in [1.82, 2.24) is 14.5 Å². The van der Waals surface area contributed by atoms with Crippen LogP contribution >= 0.6 is 0 Å². The number of aryl methyl sites for hydroxylation is 1. The number of aromatic nitrogens is 2. The highest BCUT2D eigenvalue weighted by atomic mass is 32.2. The third-order valence-electron chi connectivity index (χ3n) is 4.98. The van der Waals surface area contributed by atoms with Crippen molar-refractivity contribution in [3.05, 3.63) is 72.0 Å². The van der Waals surface area contributed by atoms with Crippen LogP contribution in [0.1, 0.15) is 5.56 Å². The normalized spacial score (nSPS) is 15.4. The van der Waals surface area contributed by atoms with Crippen LogP contribution in [-0.4, -0.2) is 49.1 Å². The van der Waals surface area contributed by atoms with Gasteiger partial charge in [0, 0.05) is 31.7 Å². The van der Waals surface area contributed by atoms with E-state index in [4.69, 9.17) is 0 Å². The summed E-state index contributed by atoms with van der Waals surface area (Å²) in [5.41, 5.74) is 2.37. The molecule has 29 heavy (non-hydrogen) atoms. The summed E-state index contributed by atoms with van der Waals surface area (Å²) < 4.78 is 40.3. The van der Waals surface area contributed by atoms with E-state index in [-0.39, 0.29) is 5.82 Å². The van der Waals surface area contributed by atoms with Gasteiger partial charge in [-0.2, -0.15) is 4.31 Å². The molecule has 150 valence electrons. The molecule has 3 aromatic rings. The van der Waals surface area contributed by atoms with Crippen molar-refractivity contribution in [1.29, 1.82) is 0 Å². The second-order valence-electron chi connectivity index (χ2n) is 6.99. The summed E-state index contributed by atoms with van der Waals surface area (Å²) in [5, 5.41) is 8.51. The van der Waals surface area contributed by atoms with Crippen molar-refractivity contribution in [2.45, 2.75) is 11.8 Å². The molecule has 0 amide bonds. The van der Waals surface area contributed by atoms with Crippen LogP contribution in [0, 0.1) is 12.7 Å². The number of hydrogen-bond donors (Lipinski definition) is 0. The number of anilines is 1. The number of rotatable bonds is 4. The lowest BCUT2D eigenvalue weighted by molar-refractivity contribution is 0.383. The third-order valence-corrected chi connectivity index (χ3v) is 6.88. The predicted octanol–water partition coefficient (Wildman–Crippen LogP) is 3.10. The summed E-state index contributed by atoms with van der Waals surface area (Å²) >= 11 is 0. The molecule has 0 radical (unpaired) electrons. The Hall–Kier alpha value is -2.84. The average molecular weight is 412 g/mol. The topological polar surface area (TPSA) is 66.4 Å². The fourth-order valence-electron chi connectivity index (χ4n) is 3.35. The van der Waals surface area contributed by atoms with Gasteiger partial charge in [-0.25, -0.2) is 12.8 Å². The quantitative estimate of drug-likeness (QED) is 0.659. The molecule has 0 atom stereocenters. The maximum absolute atomic E-state index is 13.1. The van der Waals surface area contributed by atoms with Gasteiger partial charge in [0.2, 0.25) is 10.0 Å². The van der Waals surface area contributed by atoms with Gasteiger partial charge in [-0.05, 0) is 61.0 Å². The van der Waals surface area contributed by atoms with E-state index in [1.807, 2.05) is 30.0 Å². The molecular formula is C21H21FN4O2S. The minimum Gasteiger partial charge on any atom is -0.352 e. The van der Waals surface area contributed by atoms with E-state index in [1.165, 1.54) is 16.4 Å². The highest BCUT2D eigenvalue weighted by Crippen LogP contribution is 2.22. The van der Waals surface area contributed by atoms with Crippen LogP contribution in [0.2, 0.25) is 0 Å². The summed E-state index contributed by atoms with van der Waals surface area (Å²) in [4.78, 5) is 2.35. The average Bonchev–Trinajstić information content (AvgIpc) is 2.74. The van der Waals surface area contributed by atoms with Crippen LogP contribution < -0.4 is 4.90 Å². The zero-order chi connectivity index (χ0) is 20.4. The summed E-state index contributed by atoms with van der Waals surface area (Å²) in [6.45, 7) is 3.73. The smallest absolute Gasteiger partial charge is 0.243 e. The summed E-state index contributed by atoms with van der Waals surface area (Å²) in [6.07, 6.45) is 0. The second kappa shape index (κ2) is 7.88. The van der Waals surface area contributed by atoms with Gasteiger partial charge in [0.1, 0.15) is 5.82 Å². The molecule has 0 saturated carbocycles. The Morgan fingerprint density at radius 3 is 2.24 bits per heavy atom. The highest BCUT2D eigenvalue weighted by molar-refractivity contribution is 7.89. The van der Waals surface area contributed by atoms with Crippen LogP contribution in [-0.2, 0) is 10.0 Å². The molecule has 0 bridgehead atoms. The minimum atomic E-state index is -3.50. The van der Waals surface area contributed by atoms with E-state index >= 15 is 0 Å². The molecule has 6 nitrogen and oxygen atoms in total. The van der Waals surface area contributed by atoms with E-state index in [0.29, 0.717) is 42.6 Å². The van der Waals surface area contributed by atoms with E-state index in [0.717, 1.165) is 11.1 Å². The Kier molecular flexibility index (Phi) is 5.29. The molecule has 8 heteroatoms. The fourth-order valence-corrected chi connectivity index (χ4v) is 4.88. The number of halogens is 1. The standard InChI is InChI=1S/C21H21FN4O2S/c1-16-3-2-4-19(15-16)29(27,28)26-13-11-25(12-14-26)21-10-9-20(23-24-21)17-5-7-18(22)8-6-17/h2-10,15H,11-14H2,1H3. The molecule has 1 aromatic heterocycles. The van der Waals surface area contributed by atoms with Crippen molar-refractivity contribution < 1.29 is 12.8 Å². The van der Waals surface area contributed by atoms with Crippen molar-refractivity contribution >= 4 is 15.8 Å². The monoisotopic (exact) mass is 412 g/mol. The van der Waals surface area contributed by atoms with E-state index in [1.54, 1.807) is 30.3 Å². The molecule has 2 heterocycles. The first-order valence-corrected chi connectivity index (χ1v) is 10.8. The van der Waals surface area contributed by atoms with Gasteiger partial charge in [-0.1, -0.05) is 12.1 Å². The Morgan fingerprint density at radius 1 is 0.897 bits per heavy atom. The Bertz CT molecular complexity index is 1090. The second-order valence-corrected chi connectivity index (χ2v) is 8.93. The van der Waals surface area contributed by atoms with Crippen LogP contribution in [0.25, 0.3) is 11.3 Å². The van der Waals surface area contributed by atoms with Crippen LogP contribution in [0.15, 0.2) is 65.6 Å². The van der Waals surface area contributed by atoms with Gasteiger partial charge < -0.3 is 4.90 Å². The van der Waals surface area contributed by atoms with Crippen LogP contribution in [0.5, 0.6) is 0 Å². The maximum Gasteiger partial charge on any atom is 0.243 e. The third kappa shape index (κ3) is 4.13. The SMILES string of the molecule is Cc1cccc(S(=O)(=O)N2CCN(c3ccc(-c4ccc(F)cc4)nn3)CC2)c1. The summed E-state index contributed by atoms with van der Waals surface area (Å²) in [7, 11) is -3.50. The predicted molar refractivity (Wildman–Crippen MR) is 110 cm³/mol. The zero-order valence-corrected chi connectivity index (χ0v) is 16.8. The molecule has 2 aromatic carbocycles. The van der Waals surface area contributed by atoms with E-state index in [2.05, 4.69) is 10.2 Å². The molecule has 0 N–H and O–H groups in total. The number of piperazine rings is 1. The molecule has 1 aliphatic heterocycles. The summed E-state index contributed by atoms with van der Waals surface area (Å²) in [5.74, 6) is 0.403. The molecule has 0 aliphatic carbocycles. The number of benzene rings is 2. The Balaban J connectivity index is 1.43. The first-order chi connectivity index (χ1) is 13.9. The van der Waals surface area contributed by atoms with E-state index in [9.17, 15) is 12.8 Å². The van der Waals surface area contributed by atoms with Gasteiger partial charge in [0.15, 0.2) is 5.82 Å². The molecule has 0 spiro atoms. The highest BCUT2D eigenvalue weighted by Gasteiger charge is 2.29. The van der Waals surface area contributed by atoms with Gasteiger partial charge in [-0.3, -0.25) is 0 Å². The van der Waals surface area contributed by atoms with Crippen molar-refractivity contribution in [2.75, 3.05) is 31.1 Å². The van der Waals surface area contributed by atoms with Crippen molar-refractivity contribution in [3.63, 3.8) is 0 Å². The number of nitrogens with zero attached hydrogens (tertiary/aromatic N) is 4. The first-order valence-electron chi connectivity index (χ1n) is 9.35. The Morgan fingerprint density at radius 2 is 1.62 bits per heavy atom. The number of hydrogen-bond acceptors (Lipinski definition) is 5. The van der Waals surface area contributed by atoms with Gasteiger partial charge in [-0.15, -0.1) is 10.2 Å². The van der Waals surface area contributed by atoms with Crippen LogP contribution in [0.4, 0.5) is 10.2 Å². The summed E-state index contributed by atoms with van der Waals surface area (Å²) in [6, 6.07) is 16.8. The molecular weight excluding hydrogens is 391 g/mol. The molecule has 1 fully saturated rings. The lowest BCUT2D eigenvalue weighted by Crippen LogP contribution is -2.49. The van der Waals surface area contributed by atoms with Crippen molar-refractivity contribution in [3.8, 4) is 11.3 Å². The van der Waals surface area contributed by atoms with E-state index < -0.39 is 10.0 Å². The molecule has 4 rings (SSSR count). The largest absolute Gasteiger partial charge is 0.352 e. The molecule has 0 unspecified atom stereocenters. The lowest BCUT2D eigenvalue weighted by Gasteiger charge is -2.34. The van der Waals surface area contributed by atoms with Crippen LogP contribution in [0.3, 0.4) is 0 Å². The Labute approximate surface area is 169 Å². The molecule has 1 aliphatic rings. The van der Waals surface area contributed by atoms with Crippen molar-refractivity contribution in [2.24, 2.45) is 0 Å². The zero-order valence-electron chi connectivity index (χ0n) is 16.0. The minimum absolute atomic E-state index is 0.295. The number of sulfonamides is 1. The fraction of sp³-hybridized carbons (Fsp3) is 0.238. The molecule has 1 saturated heterocycles. The lowest BCUT2D eigenvalue weighted by atomic mass is 10.1. The van der Waals surface area contributed by atoms with Gasteiger partial charge in [0.05, 0.1) is 10.6 Å². The maximum atomic E-state index is 13.1. The first kappa shape index (κ1) is 19.5.